The first-order valence-corrected chi connectivity index (χ1v) is 6.70. The molecule has 1 aromatic carbocycles. The Morgan fingerprint density at radius 3 is 2.56 bits per heavy atom. The number of nitrogens with two attached hydrogens (primary N) is 1. The SMILES string of the molecule is Cc1cc(C)c(C(NN)c2ccc(Cl)s2)c(F)c1. The van der Waals surface area contributed by atoms with Crippen molar-refractivity contribution in [3.05, 3.63) is 56.0 Å². The fourth-order valence-corrected chi connectivity index (χ4v) is 3.21. The Morgan fingerprint density at radius 1 is 1.33 bits per heavy atom. The zero-order valence-electron chi connectivity index (χ0n) is 10.1. The molecule has 1 atom stereocenters. The summed E-state index contributed by atoms with van der Waals surface area (Å²) in [5, 5.41) is 0. The summed E-state index contributed by atoms with van der Waals surface area (Å²) in [6.07, 6.45) is 0. The molecule has 2 aromatic rings. The van der Waals surface area contributed by atoms with Crippen LogP contribution in [0.25, 0.3) is 0 Å². The van der Waals surface area contributed by atoms with Gasteiger partial charge in [-0.05, 0) is 43.2 Å². The molecule has 0 radical (unpaired) electrons. The molecule has 0 fully saturated rings. The highest BCUT2D eigenvalue weighted by molar-refractivity contribution is 7.16. The average molecular weight is 285 g/mol. The van der Waals surface area contributed by atoms with Gasteiger partial charge in [-0.2, -0.15) is 0 Å². The minimum Gasteiger partial charge on any atom is -0.271 e. The highest BCUT2D eigenvalue weighted by atomic mass is 35.5. The van der Waals surface area contributed by atoms with Crippen molar-refractivity contribution in [3.8, 4) is 0 Å². The molecule has 3 N–H and O–H groups in total. The van der Waals surface area contributed by atoms with Crippen LogP contribution in [0.3, 0.4) is 0 Å². The molecule has 1 unspecified atom stereocenters. The smallest absolute Gasteiger partial charge is 0.128 e. The number of nitrogens with one attached hydrogen (secondary N) is 1. The van der Waals surface area contributed by atoms with Crippen molar-refractivity contribution < 1.29 is 4.39 Å². The molecule has 5 heteroatoms. The summed E-state index contributed by atoms with van der Waals surface area (Å²) < 4.78 is 14.8. The largest absolute Gasteiger partial charge is 0.271 e. The van der Waals surface area contributed by atoms with Crippen molar-refractivity contribution in [2.45, 2.75) is 19.9 Å². The topological polar surface area (TPSA) is 38.0 Å². The van der Waals surface area contributed by atoms with Gasteiger partial charge in [0.05, 0.1) is 10.4 Å². The lowest BCUT2D eigenvalue weighted by atomic mass is 9.98. The molecule has 0 saturated heterocycles. The predicted octanol–water partition coefficient (Wildman–Crippen LogP) is 3.71. The summed E-state index contributed by atoms with van der Waals surface area (Å²) in [7, 11) is 0. The van der Waals surface area contributed by atoms with Gasteiger partial charge in [0, 0.05) is 10.4 Å². The fraction of sp³-hybridized carbons (Fsp3) is 0.231. The first-order valence-electron chi connectivity index (χ1n) is 5.51. The molecule has 96 valence electrons. The second-order valence-electron chi connectivity index (χ2n) is 4.22. The first kappa shape index (κ1) is 13.5. The highest BCUT2D eigenvalue weighted by Gasteiger charge is 2.20. The van der Waals surface area contributed by atoms with Gasteiger partial charge in [-0.1, -0.05) is 17.7 Å². The summed E-state index contributed by atoms with van der Waals surface area (Å²) in [6.45, 7) is 3.75. The van der Waals surface area contributed by atoms with E-state index in [0.717, 1.165) is 16.0 Å². The van der Waals surface area contributed by atoms with Crippen LogP contribution in [0.4, 0.5) is 4.39 Å². The molecule has 0 spiro atoms. The van der Waals surface area contributed by atoms with Crippen LogP contribution in [-0.4, -0.2) is 0 Å². The van der Waals surface area contributed by atoms with Gasteiger partial charge in [0.1, 0.15) is 5.82 Å². The molecule has 0 aliphatic rings. The monoisotopic (exact) mass is 284 g/mol. The van der Waals surface area contributed by atoms with Crippen molar-refractivity contribution in [3.63, 3.8) is 0 Å². The van der Waals surface area contributed by atoms with Crippen molar-refractivity contribution in [2.75, 3.05) is 0 Å². The van der Waals surface area contributed by atoms with Crippen LogP contribution in [0.1, 0.15) is 27.6 Å². The summed E-state index contributed by atoms with van der Waals surface area (Å²) in [5.74, 6) is 5.32. The van der Waals surface area contributed by atoms with E-state index in [1.807, 2.05) is 26.0 Å². The highest BCUT2D eigenvalue weighted by Crippen LogP contribution is 2.33. The van der Waals surface area contributed by atoms with Gasteiger partial charge >= 0.3 is 0 Å². The maximum Gasteiger partial charge on any atom is 0.128 e. The molecule has 0 aliphatic heterocycles. The van der Waals surface area contributed by atoms with Gasteiger partial charge in [-0.25, -0.2) is 9.82 Å². The van der Waals surface area contributed by atoms with Gasteiger partial charge < -0.3 is 0 Å². The Kier molecular flexibility index (Phi) is 4.02. The van der Waals surface area contributed by atoms with Crippen LogP contribution >= 0.6 is 22.9 Å². The van der Waals surface area contributed by atoms with Crippen molar-refractivity contribution in [1.82, 2.24) is 5.43 Å². The third kappa shape index (κ3) is 2.57. The van der Waals surface area contributed by atoms with Gasteiger partial charge in [0.25, 0.3) is 0 Å². The second-order valence-corrected chi connectivity index (χ2v) is 5.97. The van der Waals surface area contributed by atoms with Crippen molar-refractivity contribution in [2.24, 2.45) is 5.84 Å². The van der Waals surface area contributed by atoms with E-state index in [0.29, 0.717) is 9.90 Å². The van der Waals surface area contributed by atoms with Crippen LogP contribution in [0.2, 0.25) is 4.34 Å². The zero-order chi connectivity index (χ0) is 13.3. The summed E-state index contributed by atoms with van der Waals surface area (Å²) in [6, 6.07) is 6.73. The zero-order valence-corrected chi connectivity index (χ0v) is 11.7. The average Bonchev–Trinajstić information content (AvgIpc) is 2.69. The molecule has 18 heavy (non-hydrogen) atoms. The Hall–Kier alpha value is -0.940. The molecule has 0 bridgehead atoms. The number of rotatable bonds is 3. The number of hydrogen-bond acceptors (Lipinski definition) is 3. The van der Waals surface area contributed by atoms with Crippen LogP contribution in [0, 0.1) is 19.7 Å². The quantitative estimate of drug-likeness (QED) is 0.666. The Balaban J connectivity index is 2.51. The van der Waals surface area contributed by atoms with Gasteiger partial charge in [0.15, 0.2) is 0 Å². The molecular weight excluding hydrogens is 271 g/mol. The van der Waals surface area contributed by atoms with E-state index in [2.05, 4.69) is 5.43 Å². The van der Waals surface area contributed by atoms with E-state index < -0.39 is 0 Å². The van der Waals surface area contributed by atoms with E-state index in [-0.39, 0.29) is 11.9 Å². The second kappa shape index (κ2) is 5.36. The maximum atomic E-state index is 14.1. The summed E-state index contributed by atoms with van der Waals surface area (Å²) in [4.78, 5) is 0.897. The van der Waals surface area contributed by atoms with E-state index in [1.54, 1.807) is 6.07 Å². The number of hydrazine groups is 1. The predicted molar refractivity (Wildman–Crippen MR) is 74.4 cm³/mol. The van der Waals surface area contributed by atoms with E-state index in [4.69, 9.17) is 17.4 Å². The number of aryl methyl sites for hydroxylation is 2. The summed E-state index contributed by atoms with van der Waals surface area (Å²) >= 11 is 7.30. The Morgan fingerprint density at radius 2 is 2.06 bits per heavy atom. The maximum absolute atomic E-state index is 14.1. The molecule has 1 heterocycles. The fourth-order valence-electron chi connectivity index (χ4n) is 2.08. The standard InChI is InChI=1S/C13H14ClFN2S/c1-7-5-8(2)12(9(15)6-7)13(17-16)10-3-4-11(14)18-10/h3-6,13,17H,16H2,1-2H3. The van der Waals surface area contributed by atoms with Crippen LogP contribution in [0.15, 0.2) is 24.3 Å². The van der Waals surface area contributed by atoms with Crippen molar-refractivity contribution in [1.29, 1.82) is 0 Å². The molecule has 0 amide bonds. The minimum absolute atomic E-state index is 0.250. The normalized spacial score (nSPS) is 12.7. The van der Waals surface area contributed by atoms with Crippen LogP contribution in [-0.2, 0) is 0 Å². The van der Waals surface area contributed by atoms with Gasteiger partial charge in [-0.3, -0.25) is 5.84 Å². The molecular formula is C13H14ClFN2S. The Bertz CT molecular complexity index is 545. The molecule has 0 aliphatic carbocycles. The number of thiophene rings is 1. The third-order valence-corrected chi connectivity index (χ3v) is 4.11. The first-order chi connectivity index (χ1) is 8.52. The Labute approximate surface area is 115 Å². The number of benzene rings is 1. The molecule has 0 saturated carbocycles. The van der Waals surface area contributed by atoms with Gasteiger partial charge in [-0.15, -0.1) is 11.3 Å². The van der Waals surface area contributed by atoms with Crippen LogP contribution in [0.5, 0.6) is 0 Å². The third-order valence-electron chi connectivity index (χ3n) is 2.81. The number of halogens is 2. The molecule has 1 aromatic heterocycles. The lowest BCUT2D eigenvalue weighted by Crippen LogP contribution is -2.29. The minimum atomic E-state index is -0.372. The lowest BCUT2D eigenvalue weighted by molar-refractivity contribution is 0.560. The van der Waals surface area contributed by atoms with E-state index >= 15 is 0 Å². The lowest BCUT2D eigenvalue weighted by Gasteiger charge is -2.18. The van der Waals surface area contributed by atoms with Gasteiger partial charge in [0.2, 0.25) is 0 Å². The molecule has 2 nitrogen and oxygen atoms in total. The van der Waals surface area contributed by atoms with E-state index in [9.17, 15) is 4.39 Å². The summed E-state index contributed by atoms with van der Waals surface area (Å²) in [5.41, 5.74) is 5.00. The molecule has 2 rings (SSSR count). The van der Waals surface area contributed by atoms with Crippen LogP contribution < -0.4 is 11.3 Å². The number of hydrogen-bond donors (Lipinski definition) is 2. The van der Waals surface area contributed by atoms with Crippen molar-refractivity contribution >= 4 is 22.9 Å². The van der Waals surface area contributed by atoms with E-state index in [1.165, 1.54) is 17.4 Å².